The van der Waals surface area contributed by atoms with Crippen molar-refractivity contribution >= 4 is 35.6 Å². The Balaban J connectivity index is 2.79. The maximum atomic E-state index is 12.2. The Morgan fingerprint density at radius 3 is 2.29 bits per heavy atom. The van der Waals surface area contributed by atoms with Crippen LogP contribution in [-0.4, -0.2) is 57.5 Å². The van der Waals surface area contributed by atoms with Crippen molar-refractivity contribution in [2.24, 2.45) is 0 Å². The zero-order valence-electron chi connectivity index (χ0n) is 14.2. The van der Waals surface area contributed by atoms with Crippen LogP contribution < -0.4 is 5.32 Å². The number of nitrogens with one attached hydrogen (secondary N) is 1. The van der Waals surface area contributed by atoms with E-state index in [1.165, 1.54) is 11.8 Å². The number of carbonyl (C=O) groups excluding carboxylic acids is 4. The minimum atomic E-state index is -2.01. The first-order valence-corrected chi connectivity index (χ1v) is 8.79. The minimum Gasteiger partial charge on any atom is -0.444 e. The van der Waals surface area contributed by atoms with E-state index in [0.717, 1.165) is 0 Å². The summed E-state index contributed by atoms with van der Waals surface area (Å²) in [6, 6.07) is -1.16. The molecule has 2 N–H and O–H groups in total. The van der Waals surface area contributed by atoms with Crippen LogP contribution in [0.5, 0.6) is 0 Å². The van der Waals surface area contributed by atoms with Gasteiger partial charge < -0.3 is 10.1 Å². The number of rotatable bonds is 6. The van der Waals surface area contributed by atoms with Crippen molar-refractivity contribution in [2.75, 3.05) is 12.0 Å². The summed E-state index contributed by atoms with van der Waals surface area (Å²) in [6.45, 7) is 4.99. The number of amides is 3. The van der Waals surface area contributed by atoms with Gasteiger partial charge in [0.15, 0.2) is 0 Å². The summed E-state index contributed by atoms with van der Waals surface area (Å²) in [5, 5.41) is 12.3. The molecule has 0 aliphatic carbocycles. The number of quaternary nitrogens is 1. The third-order valence-corrected chi connectivity index (χ3v) is 3.68. The molecule has 1 rings (SSSR count). The van der Waals surface area contributed by atoms with Crippen molar-refractivity contribution in [2.45, 2.75) is 51.7 Å². The maximum absolute atomic E-state index is 12.2. The van der Waals surface area contributed by atoms with E-state index in [9.17, 15) is 24.4 Å². The third kappa shape index (κ3) is 5.46. The van der Waals surface area contributed by atoms with Crippen LogP contribution in [0.3, 0.4) is 0 Å². The first-order valence-electron chi connectivity index (χ1n) is 7.40. The number of thioether (sulfide) groups is 1. The van der Waals surface area contributed by atoms with Gasteiger partial charge in [-0.05, 0) is 39.2 Å². The van der Waals surface area contributed by atoms with Gasteiger partial charge in [-0.15, -0.1) is 0 Å². The Kier molecular flexibility index (Phi) is 6.76. The van der Waals surface area contributed by atoms with Crippen LogP contribution in [0, 0.1) is 0 Å². The minimum absolute atomic E-state index is 0.182. The van der Waals surface area contributed by atoms with E-state index in [0.29, 0.717) is 5.75 Å². The van der Waals surface area contributed by atoms with E-state index in [1.54, 1.807) is 20.8 Å². The smallest absolute Gasteiger partial charge is 0.408 e. The molecule has 0 unspecified atom stereocenters. The highest BCUT2D eigenvalue weighted by molar-refractivity contribution is 7.98. The molecule has 9 nitrogen and oxygen atoms in total. The first kappa shape index (κ1) is 20.4. The summed E-state index contributed by atoms with van der Waals surface area (Å²) in [5.41, 5.74) is -0.760. The summed E-state index contributed by atoms with van der Waals surface area (Å²) in [6.07, 6.45) is 0.731. The quantitative estimate of drug-likeness (QED) is 0.410. The second-order valence-electron chi connectivity index (χ2n) is 6.25. The number of hydrogen-bond acceptors (Lipinski definition) is 8. The summed E-state index contributed by atoms with van der Waals surface area (Å²) in [5.74, 6) is -2.42. The predicted octanol–water partition coefficient (Wildman–Crippen LogP) is 1.14. The van der Waals surface area contributed by atoms with Crippen LogP contribution in [0.15, 0.2) is 0 Å². The zero-order valence-corrected chi connectivity index (χ0v) is 15.0. The van der Waals surface area contributed by atoms with Gasteiger partial charge in [0.25, 0.3) is 0 Å². The van der Waals surface area contributed by atoms with Gasteiger partial charge in [0.05, 0.1) is 12.8 Å². The SMILES string of the molecule is CSCC[C@H](NC(=O)OC(C)(C)C)C(=O)O[N+]1(O)C(=O)CCC1=O. The summed E-state index contributed by atoms with van der Waals surface area (Å²) in [7, 11) is 0. The largest absolute Gasteiger partial charge is 0.444 e. The van der Waals surface area contributed by atoms with Crippen molar-refractivity contribution in [1.29, 1.82) is 0 Å². The average molecular weight is 363 g/mol. The van der Waals surface area contributed by atoms with Crippen molar-refractivity contribution < 1.29 is 38.8 Å². The molecule has 1 saturated heterocycles. The Morgan fingerprint density at radius 2 is 1.83 bits per heavy atom. The molecule has 0 aromatic heterocycles. The van der Waals surface area contributed by atoms with E-state index in [2.05, 4.69) is 10.2 Å². The molecular weight excluding hydrogens is 340 g/mol. The summed E-state index contributed by atoms with van der Waals surface area (Å²) in [4.78, 5) is 49.9. The lowest BCUT2D eigenvalue weighted by Gasteiger charge is -2.23. The Morgan fingerprint density at radius 1 is 1.29 bits per heavy atom. The van der Waals surface area contributed by atoms with Gasteiger partial charge in [-0.25, -0.2) is 24.0 Å². The fourth-order valence-electron chi connectivity index (χ4n) is 1.89. The van der Waals surface area contributed by atoms with Gasteiger partial charge >= 0.3 is 23.9 Å². The summed E-state index contributed by atoms with van der Waals surface area (Å²) >= 11 is 1.43. The molecule has 136 valence electrons. The average Bonchev–Trinajstić information content (AvgIpc) is 2.69. The highest BCUT2D eigenvalue weighted by Gasteiger charge is 2.56. The molecule has 1 aliphatic heterocycles. The van der Waals surface area contributed by atoms with Gasteiger partial charge in [-0.3, -0.25) is 0 Å². The van der Waals surface area contributed by atoms with Crippen LogP contribution in [0.4, 0.5) is 4.79 Å². The Labute approximate surface area is 144 Å². The number of ether oxygens (including phenoxy) is 1. The van der Waals surface area contributed by atoms with Gasteiger partial charge in [-0.2, -0.15) is 17.0 Å². The van der Waals surface area contributed by atoms with Crippen LogP contribution in [-0.2, 0) is 24.0 Å². The number of alkyl carbamates (subject to hydrolysis) is 1. The number of imide groups is 1. The highest BCUT2D eigenvalue weighted by atomic mass is 32.2. The van der Waals surface area contributed by atoms with E-state index < -0.39 is 40.3 Å². The second-order valence-corrected chi connectivity index (χ2v) is 7.24. The standard InChI is InChI=1S/C14H22N2O7S/c1-14(2,3)22-13(20)15-9(7-8-24-4)12(19)23-16(21)10(17)5-6-11(16)18/h9,21H,5-8H2,1-4H3/p+1/t9-/m0/s1. The molecule has 0 bridgehead atoms. The van der Waals surface area contributed by atoms with Gasteiger partial charge in [-0.1, -0.05) is 0 Å². The van der Waals surface area contributed by atoms with Crippen LogP contribution in [0.25, 0.3) is 0 Å². The molecule has 0 spiro atoms. The van der Waals surface area contributed by atoms with Crippen molar-refractivity contribution in [3.63, 3.8) is 0 Å². The first-order chi connectivity index (χ1) is 11.0. The van der Waals surface area contributed by atoms with Gasteiger partial charge in [0, 0.05) is 0 Å². The molecule has 3 amide bonds. The fraction of sp³-hybridized carbons (Fsp3) is 0.714. The number of hydrogen-bond donors (Lipinski definition) is 2. The monoisotopic (exact) mass is 363 g/mol. The number of carbonyl (C=O) groups is 4. The topological polar surface area (TPSA) is 119 Å². The molecule has 1 fully saturated rings. The van der Waals surface area contributed by atoms with Gasteiger partial charge in [0.1, 0.15) is 16.5 Å². The molecule has 24 heavy (non-hydrogen) atoms. The highest BCUT2D eigenvalue weighted by Crippen LogP contribution is 2.21. The third-order valence-electron chi connectivity index (χ3n) is 3.04. The van der Waals surface area contributed by atoms with Crippen molar-refractivity contribution in [1.82, 2.24) is 5.32 Å². The predicted molar refractivity (Wildman–Crippen MR) is 83.5 cm³/mol. The Bertz CT molecular complexity index is 514. The van der Waals surface area contributed by atoms with Gasteiger partial charge in [0.2, 0.25) is 0 Å². The van der Waals surface area contributed by atoms with Crippen molar-refractivity contribution in [3.05, 3.63) is 0 Å². The van der Waals surface area contributed by atoms with Crippen molar-refractivity contribution in [3.8, 4) is 0 Å². The van der Waals surface area contributed by atoms with E-state index in [-0.39, 0.29) is 19.3 Å². The lowest BCUT2D eigenvalue weighted by atomic mass is 10.2. The van der Waals surface area contributed by atoms with E-state index in [1.807, 2.05) is 6.26 Å². The molecule has 0 aromatic rings. The lowest BCUT2D eigenvalue weighted by molar-refractivity contribution is -1.12. The van der Waals surface area contributed by atoms with Crippen LogP contribution >= 0.6 is 11.8 Å². The van der Waals surface area contributed by atoms with E-state index in [4.69, 9.17) is 4.74 Å². The van der Waals surface area contributed by atoms with Crippen LogP contribution in [0.1, 0.15) is 40.0 Å². The fourth-order valence-corrected chi connectivity index (χ4v) is 2.36. The molecule has 0 aromatic carbocycles. The zero-order chi connectivity index (χ0) is 18.5. The normalized spacial score (nSPS) is 18.2. The number of hydroxylamine groups is 4. The molecular formula is C14H23N2O7S+. The molecule has 1 heterocycles. The second kappa shape index (κ2) is 7.95. The molecule has 10 heteroatoms. The molecule has 0 radical (unpaired) electrons. The summed E-state index contributed by atoms with van der Waals surface area (Å²) < 4.78 is 5.07. The van der Waals surface area contributed by atoms with E-state index >= 15 is 0 Å². The maximum Gasteiger partial charge on any atom is 0.408 e. The lowest BCUT2D eigenvalue weighted by Crippen LogP contribution is -2.54. The number of nitrogens with zero attached hydrogens (tertiary/aromatic N) is 1. The van der Waals surface area contributed by atoms with Crippen LogP contribution in [0.2, 0.25) is 0 Å². The molecule has 0 saturated carbocycles. The Hall–Kier alpha value is -1.65. The molecule has 1 aliphatic rings. The molecule has 1 atom stereocenters.